The van der Waals surface area contributed by atoms with Crippen molar-refractivity contribution in [3.05, 3.63) is 46.8 Å². The molecule has 0 bridgehead atoms. The Kier molecular flexibility index (Phi) is 4.00. The van der Waals surface area contributed by atoms with Crippen molar-refractivity contribution < 1.29 is 9.90 Å². The maximum Gasteiger partial charge on any atom is 0.313 e. The number of carboxylic acid groups (broad SMARTS) is 1. The second-order valence-corrected chi connectivity index (χ2v) is 6.63. The van der Waals surface area contributed by atoms with Crippen molar-refractivity contribution in [3.63, 3.8) is 0 Å². The normalized spacial score (nSPS) is 11.0. The number of aromatic nitrogens is 2. The van der Waals surface area contributed by atoms with Crippen LogP contribution in [0.1, 0.15) is 0 Å². The Morgan fingerprint density at radius 1 is 1.36 bits per heavy atom. The third-order valence-electron chi connectivity index (χ3n) is 3.10. The average Bonchev–Trinajstić information content (AvgIpc) is 2.94. The van der Waals surface area contributed by atoms with Gasteiger partial charge in [0.1, 0.15) is 4.70 Å². The zero-order valence-corrected chi connectivity index (χ0v) is 13.3. The molecule has 0 saturated heterocycles. The summed E-state index contributed by atoms with van der Waals surface area (Å²) < 4.78 is 1.99. The number of aliphatic carboxylic acids is 1. The van der Waals surface area contributed by atoms with E-state index in [1.165, 1.54) is 15.9 Å². The highest BCUT2D eigenvalue weighted by Gasteiger charge is 2.14. The van der Waals surface area contributed by atoms with Crippen LogP contribution in [-0.4, -0.2) is 26.4 Å². The van der Waals surface area contributed by atoms with Crippen LogP contribution < -0.4 is 5.56 Å². The van der Waals surface area contributed by atoms with E-state index in [1.807, 2.05) is 36.4 Å². The molecular weight excluding hydrogens is 320 g/mol. The largest absolute Gasteiger partial charge is 0.481 e. The maximum atomic E-state index is 12.4. The van der Waals surface area contributed by atoms with Crippen LogP contribution in [0.5, 0.6) is 0 Å². The first kappa shape index (κ1) is 14.8. The first-order chi connectivity index (χ1) is 10.6. The molecule has 1 aromatic carbocycles. The molecule has 3 aromatic rings. The highest BCUT2D eigenvalue weighted by Crippen LogP contribution is 2.31. The van der Waals surface area contributed by atoms with E-state index in [2.05, 4.69) is 4.98 Å². The highest BCUT2D eigenvalue weighted by atomic mass is 32.2. The van der Waals surface area contributed by atoms with E-state index in [0.717, 1.165) is 22.2 Å². The number of hydrogen-bond acceptors (Lipinski definition) is 5. The van der Waals surface area contributed by atoms with Crippen LogP contribution in [0, 0.1) is 0 Å². The van der Waals surface area contributed by atoms with Crippen molar-refractivity contribution >= 4 is 39.3 Å². The van der Waals surface area contributed by atoms with Gasteiger partial charge in [0.05, 0.1) is 11.3 Å². The summed E-state index contributed by atoms with van der Waals surface area (Å²) in [5, 5.41) is 9.18. The van der Waals surface area contributed by atoms with Crippen molar-refractivity contribution in [1.29, 1.82) is 0 Å². The van der Waals surface area contributed by atoms with Gasteiger partial charge in [0, 0.05) is 11.9 Å². The van der Waals surface area contributed by atoms with E-state index in [-0.39, 0.29) is 11.3 Å². The fraction of sp³-hybridized carbons (Fsp3) is 0.133. The monoisotopic (exact) mass is 332 g/mol. The van der Waals surface area contributed by atoms with Gasteiger partial charge in [-0.1, -0.05) is 42.1 Å². The van der Waals surface area contributed by atoms with E-state index in [1.54, 1.807) is 7.05 Å². The molecule has 0 amide bonds. The maximum absolute atomic E-state index is 12.4. The number of rotatable bonds is 4. The molecule has 0 unspecified atom stereocenters. The molecule has 3 rings (SSSR count). The molecule has 112 valence electrons. The molecule has 0 atom stereocenters. The molecule has 0 aliphatic carbocycles. The minimum Gasteiger partial charge on any atom is -0.481 e. The lowest BCUT2D eigenvalue weighted by molar-refractivity contribution is -0.133. The summed E-state index contributed by atoms with van der Waals surface area (Å²) >= 11 is 2.45. The summed E-state index contributed by atoms with van der Waals surface area (Å²) in [7, 11) is 1.61. The van der Waals surface area contributed by atoms with Crippen LogP contribution in [0.2, 0.25) is 0 Å². The molecule has 0 aliphatic heterocycles. The molecule has 2 aromatic heterocycles. The Morgan fingerprint density at radius 3 is 2.77 bits per heavy atom. The minimum atomic E-state index is -0.936. The SMILES string of the molecule is Cn1c(SCC(=O)O)nc2cc(-c3ccccc3)sc2c1=O. The van der Waals surface area contributed by atoms with Crippen molar-refractivity contribution in [2.45, 2.75) is 5.16 Å². The van der Waals surface area contributed by atoms with Crippen LogP contribution in [0.15, 0.2) is 46.3 Å². The number of benzene rings is 1. The quantitative estimate of drug-likeness (QED) is 0.587. The first-order valence-electron chi connectivity index (χ1n) is 6.47. The van der Waals surface area contributed by atoms with Crippen molar-refractivity contribution in [2.24, 2.45) is 7.05 Å². The second-order valence-electron chi connectivity index (χ2n) is 4.63. The molecule has 5 nitrogen and oxygen atoms in total. The molecular formula is C15H12N2O3S2. The van der Waals surface area contributed by atoms with Crippen molar-refractivity contribution in [1.82, 2.24) is 9.55 Å². The van der Waals surface area contributed by atoms with Crippen LogP contribution in [0.25, 0.3) is 20.7 Å². The lowest BCUT2D eigenvalue weighted by atomic mass is 10.2. The van der Waals surface area contributed by atoms with E-state index < -0.39 is 5.97 Å². The molecule has 0 aliphatic rings. The summed E-state index contributed by atoms with van der Waals surface area (Å²) in [4.78, 5) is 28.5. The number of thiophene rings is 1. The number of carboxylic acids is 1. The van der Waals surface area contributed by atoms with Gasteiger partial charge in [-0.15, -0.1) is 11.3 Å². The van der Waals surface area contributed by atoms with Crippen molar-refractivity contribution in [3.8, 4) is 10.4 Å². The van der Waals surface area contributed by atoms with Gasteiger partial charge in [0.2, 0.25) is 0 Å². The third kappa shape index (κ3) is 2.77. The van der Waals surface area contributed by atoms with Gasteiger partial charge in [-0.3, -0.25) is 14.2 Å². The van der Waals surface area contributed by atoms with Gasteiger partial charge in [-0.25, -0.2) is 4.98 Å². The van der Waals surface area contributed by atoms with Gasteiger partial charge < -0.3 is 5.11 Å². The zero-order chi connectivity index (χ0) is 15.7. The Hall–Kier alpha value is -2.12. The molecule has 1 N–H and O–H groups in total. The summed E-state index contributed by atoms with van der Waals surface area (Å²) in [6.07, 6.45) is 0. The molecule has 22 heavy (non-hydrogen) atoms. The van der Waals surface area contributed by atoms with Gasteiger partial charge >= 0.3 is 5.97 Å². The average molecular weight is 332 g/mol. The lowest BCUT2D eigenvalue weighted by Gasteiger charge is -2.04. The molecule has 7 heteroatoms. The number of carbonyl (C=O) groups is 1. The predicted molar refractivity (Wildman–Crippen MR) is 88.7 cm³/mol. The fourth-order valence-corrected chi connectivity index (χ4v) is 3.80. The predicted octanol–water partition coefficient (Wildman–Crippen LogP) is 2.84. The van der Waals surface area contributed by atoms with Gasteiger partial charge in [-0.05, 0) is 11.6 Å². The zero-order valence-electron chi connectivity index (χ0n) is 11.6. The molecule has 0 saturated carbocycles. The molecule has 0 spiro atoms. The summed E-state index contributed by atoms with van der Waals surface area (Å²) in [6.45, 7) is 0. The van der Waals surface area contributed by atoms with Crippen LogP contribution in [0.3, 0.4) is 0 Å². The standard InChI is InChI=1S/C15H12N2O3S2/c1-17-14(20)13-10(16-15(17)21-8-12(18)19)7-11(22-13)9-5-3-2-4-6-9/h2-7H,8H2,1H3,(H,18,19). The molecule has 2 heterocycles. The first-order valence-corrected chi connectivity index (χ1v) is 8.27. The number of nitrogens with zero attached hydrogens (tertiary/aromatic N) is 2. The fourth-order valence-electron chi connectivity index (χ4n) is 2.03. The summed E-state index contributed by atoms with van der Waals surface area (Å²) in [5.41, 5.74) is 1.50. The van der Waals surface area contributed by atoms with Crippen LogP contribution in [0.4, 0.5) is 0 Å². The Morgan fingerprint density at radius 2 is 2.09 bits per heavy atom. The summed E-state index contributed by atoms with van der Waals surface area (Å²) in [6, 6.07) is 11.7. The number of thioether (sulfide) groups is 1. The van der Waals surface area contributed by atoms with Gasteiger partial charge in [0.15, 0.2) is 5.16 Å². The Bertz CT molecular complexity index is 900. The van der Waals surface area contributed by atoms with E-state index >= 15 is 0 Å². The van der Waals surface area contributed by atoms with E-state index in [9.17, 15) is 9.59 Å². The Labute approximate surface area is 134 Å². The topological polar surface area (TPSA) is 72.2 Å². The van der Waals surface area contributed by atoms with E-state index in [4.69, 9.17) is 5.11 Å². The highest BCUT2D eigenvalue weighted by molar-refractivity contribution is 7.99. The number of hydrogen-bond donors (Lipinski definition) is 1. The van der Waals surface area contributed by atoms with Gasteiger partial charge in [-0.2, -0.15) is 0 Å². The molecule has 0 radical (unpaired) electrons. The second kappa shape index (κ2) is 5.94. The smallest absolute Gasteiger partial charge is 0.313 e. The third-order valence-corrected chi connectivity index (χ3v) is 5.27. The van der Waals surface area contributed by atoms with Crippen LogP contribution in [-0.2, 0) is 11.8 Å². The lowest BCUT2D eigenvalue weighted by Crippen LogP contribution is -2.19. The minimum absolute atomic E-state index is 0.124. The van der Waals surface area contributed by atoms with Gasteiger partial charge in [0.25, 0.3) is 5.56 Å². The van der Waals surface area contributed by atoms with Crippen LogP contribution >= 0.6 is 23.1 Å². The Balaban J connectivity index is 2.10. The molecule has 0 fully saturated rings. The number of fused-ring (bicyclic) bond motifs is 1. The van der Waals surface area contributed by atoms with Crippen molar-refractivity contribution in [2.75, 3.05) is 5.75 Å². The summed E-state index contributed by atoms with van der Waals surface area (Å²) in [5.74, 6) is -1.06. The van der Waals surface area contributed by atoms with E-state index in [0.29, 0.717) is 15.4 Å².